The lowest BCUT2D eigenvalue weighted by Gasteiger charge is -2.43. The maximum absolute atomic E-state index is 5.74. The Labute approximate surface area is 105 Å². The summed E-state index contributed by atoms with van der Waals surface area (Å²) in [6.45, 7) is 7.78. The van der Waals surface area contributed by atoms with E-state index >= 15 is 0 Å². The second-order valence-corrected chi connectivity index (χ2v) is 4.94. The molecule has 1 rings (SSSR count). The molecule has 0 radical (unpaired) electrons. The maximum atomic E-state index is 5.74. The average Bonchev–Trinajstić information content (AvgIpc) is 2.34. The summed E-state index contributed by atoms with van der Waals surface area (Å²) in [6, 6.07) is 1.02. The van der Waals surface area contributed by atoms with E-state index < -0.39 is 0 Å². The highest BCUT2D eigenvalue weighted by molar-refractivity contribution is 4.83. The van der Waals surface area contributed by atoms with E-state index in [0.717, 1.165) is 45.6 Å². The third kappa shape index (κ3) is 4.54. The van der Waals surface area contributed by atoms with Crippen molar-refractivity contribution in [2.75, 3.05) is 33.4 Å². The van der Waals surface area contributed by atoms with Gasteiger partial charge in [-0.3, -0.25) is 4.90 Å². The molecule has 0 spiro atoms. The lowest BCUT2D eigenvalue weighted by molar-refractivity contribution is -0.0836. The van der Waals surface area contributed by atoms with Gasteiger partial charge in [0.15, 0.2) is 0 Å². The third-order valence-corrected chi connectivity index (χ3v) is 3.55. The Balaban J connectivity index is 2.59. The number of ether oxygens (including phenoxy) is 2. The van der Waals surface area contributed by atoms with E-state index in [1.807, 2.05) is 0 Å². The molecule has 1 saturated heterocycles. The van der Waals surface area contributed by atoms with Crippen LogP contribution in [0.4, 0.5) is 0 Å². The highest BCUT2D eigenvalue weighted by Crippen LogP contribution is 2.20. The number of morpholine rings is 1. The lowest BCUT2D eigenvalue weighted by atomic mass is 10.0. The van der Waals surface area contributed by atoms with E-state index in [9.17, 15) is 0 Å². The molecule has 0 amide bonds. The van der Waals surface area contributed by atoms with Crippen LogP contribution in [0.2, 0.25) is 0 Å². The normalized spacial score (nSPS) is 28.2. The van der Waals surface area contributed by atoms with Crippen molar-refractivity contribution in [1.29, 1.82) is 0 Å². The van der Waals surface area contributed by atoms with Crippen LogP contribution < -0.4 is 5.73 Å². The first-order valence-corrected chi connectivity index (χ1v) is 6.79. The van der Waals surface area contributed by atoms with Crippen molar-refractivity contribution in [3.05, 3.63) is 0 Å². The van der Waals surface area contributed by atoms with E-state index in [4.69, 9.17) is 15.2 Å². The number of hydrogen-bond acceptors (Lipinski definition) is 4. The van der Waals surface area contributed by atoms with Crippen LogP contribution in [0.15, 0.2) is 0 Å². The predicted octanol–water partition coefficient (Wildman–Crippen LogP) is 1.24. The second kappa shape index (κ2) is 8.03. The van der Waals surface area contributed by atoms with Crippen molar-refractivity contribution in [2.45, 2.75) is 51.3 Å². The van der Waals surface area contributed by atoms with Gasteiger partial charge in [0.25, 0.3) is 0 Å². The molecule has 0 bridgehead atoms. The summed E-state index contributed by atoms with van der Waals surface area (Å²) in [5.41, 5.74) is 5.61. The highest BCUT2D eigenvalue weighted by atomic mass is 16.5. The first-order chi connectivity index (χ1) is 8.22. The fourth-order valence-corrected chi connectivity index (χ4v) is 2.56. The molecule has 3 atom stereocenters. The molecule has 1 heterocycles. The standard InChI is InChI=1S/C13H28N2O2/c1-4-12-10-17-11(2)8-15(12)13(9-16-3)6-5-7-14/h11-13H,4-10,14H2,1-3H3. The summed E-state index contributed by atoms with van der Waals surface area (Å²) in [4.78, 5) is 2.56. The van der Waals surface area contributed by atoms with Crippen LogP contribution in [0, 0.1) is 0 Å². The molecule has 1 aliphatic rings. The molecule has 0 aromatic rings. The monoisotopic (exact) mass is 244 g/mol. The smallest absolute Gasteiger partial charge is 0.0674 e. The Morgan fingerprint density at radius 1 is 1.53 bits per heavy atom. The van der Waals surface area contributed by atoms with Gasteiger partial charge >= 0.3 is 0 Å². The van der Waals surface area contributed by atoms with E-state index in [1.54, 1.807) is 7.11 Å². The van der Waals surface area contributed by atoms with Crippen LogP contribution in [0.3, 0.4) is 0 Å². The van der Waals surface area contributed by atoms with Crippen LogP contribution >= 0.6 is 0 Å². The molecule has 0 aromatic carbocycles. The first-order valence-electron chi connectivity index (χ1n) is 6.79. The van der Waals surface area contributed by atoms with Gasteiger partial charge < -0.3 is 15.2 Å². The van der Waals surface area contributed by atoms with Gasteiger partial charge in [0, 0.05) is 25.7 Å². The zero-order valence-corrected chi connectivity index (χ0v) is 11.5. The van der Waals surface area contributed by atoms with Gasteiger partial charge in [-0.2, -0.15) is 0 Å². The van der Waals surface area contributed by atoms with E-state index in [-0.39, 0.29) is 0 Å². The molecule has 4 heteroatoms. The zero-order chi connectivity index (χ0) is 12.7. The Hall–Kier alpha value is -0.160. The zero-order valence-electron chi connectivity index (χ0n) is 11.5. The summed E-state index contributed by atoms with van der Waals surface area (Å²) in [6.07, 6.45) is 3.65. The average molecular weight is 244 g/mol. The molecule has 0 saturated carbocycles. The molecule has 2 N–H and O–H groups in total. The number of methoxy groups -OCH3 is 1. The molecule has 4 nitrogen and oxygen atoms in total. The van der Waals surface area contributed by atoms with Crippen molar-refractivity contribution in [3.8, 4) is 0 Å². The van der Waals surface area contributed by atoms with Crippen LogP contribution in [-0.2, 0) is 9.47 Å². The number of rotatable bonds is 7. The van der Waals surface area contributed by atoms with Crippen molar-refractivity contribution in [3.63, 3.8) is 0 Å². The van der Waals surface area contributed by atoms with Gasteiger partial charge in [-0.1, -0.05) is 6.92 Å². The van der Waals surface area contributed by atoms with Gasteiger partial charge in [0.1, 0.15) is 0 Å². The SMILES string of the molecule is CCC1COC(C)CN1C(CCCN)COC. The van der Waals surface area contributed by atoms with Gasteiger partial charge in [-0.15, -0.1) is 0 Å². The fourth-order valence-electron chi connectivity index (χ4n) is 2.56. The molecule has 0 aromatic heterocycles. The third-order valence-electron chi connectivity index (χ3n) is 3.55. The summed E-state index contributed by atoms with van der Waals surface area (Å²) in [5.74, 6) is 0. The van der Waals surface area contributed by atoms with Crippen LogP contribution in [-0.4, -0.2) is 56.5 Å². The van der Waals surface area contributed by atoms with Crippen molar-refractivity contribution >= 4 is 0 Å². The van der Waals surface area contributed by atoms with Crippen LogP contribution in [0.25, 0.3) is 0 Å². The minimum atomic E-state index is 0.329. The summed E-state index contributed by atoms with van der Waals surface area (Å²) in [5, 5.41) is 0. The molecule has 102 valence electrons. The Kier molecular flexibility index (Phi) is 7.04. The lowest BCUT2D eigenvalue weighted by Crippen LogP contribution is -2.54. The van der Waals surface area contributed by atoms with Crippen LogP contribution in [0.5, 0.6) is 0 Å². The Morgan fingerprint density at radius 2 is 2.29 bits per heavy atom. The Bertz CT molecular complexity index is 202. The minimum Gasteiger partial charge on any atom is -0.383 e. The molecular weight excluding hydrogens is 216 g/mol. The summed E-state index contributed by atoms with van der Waals surface area (Å²) in [7, 11) is 1.78. The van der Waals surface area contributed by atoms with E-state index in [0.29, 0.717) is 18.2 Å². The largest absolute Gasteiger partial charge is 0.383 e. The van der Waals surface area contributed by atoms with Gasteiger partial charge in [0.05, 0.1) is 19.3 Å². The van der Waals surface area contributed by atoms with Gasteiger partial charge in [0.2, 0.25) is 0 Å². The number of hydrogen-bond donors (Lipinski definition) is 1. The minimum absolute atomic E-state index is 0.329. The van der Waals surface area contributed by atoms with Gasteiger partial charge in [-0.05, 0) is 32.7 Å². The quantitative estimate of drug-likeness (QED) is 0.732. The molecule has 3 unspecified atom stereocenters. The molecular formula is C13H28N2O2. The van der Waals surface area contributed by atoms with E-state index in [1.165, 1.54) is 0 Å². The second-order valence-electron chi connectivity index (χ2n) is 4.94. The van der Waals surface area contributed by atoms with Crippen molar-refractivity contribution < 1.29 is 9.47 Å². The predicted molar refractivity (Wildman–Crippen MR) is 70.2 cm³/mol. The number of nitrogens with two attached hydrogens (primary N) is 1. The summed E-state index contributed by atoms with van der Waals surface area (Å²) >= 11 is 0. The van der Waals surface area contributed by atoms with Gasteiger partial charge in [-0.25, -0.2) is 0 Å². The highest BCUT2D eigenvalue weighted by Gasteiger charge is 2.30. The first kappa shape index (κ1) is 14.9. The molecule has 17 heavy (non-hydrogen) atoms. The maximum Gasteiger partial charge on any atom is 0.0674 e. The summed E-state index contributed by atoms with van der Waals surface area (Å²) < 4.78 is 11.1. The van der Waals surface area contributed by atoms with Crippen molar-refractivity contribution in [1.82, 2.24) is 4.90 Å². The van der Waals surface area contributed by atoms with Crippen LogP contribution in [0.1, 0.15) is 33.1 Å². The van der Waals surface area contributed by atoms with E-state index in [2.05, 4.69) is 18.7 Å². The van der Waals surface area contributed by atoms with Crippen molar-refractivity contribution in [2.24, 2.45) is 5.73 Å². The number of nitrogens with zero attached hydrogens (tertiary/aromatic N) is 1. The molecule has 0 aliphatic carbocycles. The molecule has 1 fully saturated rings. The topological polar surface area (TPSA) is 47.7 Å². The fraction of sp³-hybridized carbons (Fsp3) is 1.00. The Morgan fingerprint density at radius 3 is 2.88 bits per heavy atom. The molecule has 1 aliphatic heterocycles.